The quantitative estimate of drug-likeness (QED) is 0.587. The van der Waals surface area contributed by atoms with E-state index in [2.05, 4.69) is 0 Å². The standard InChI is InChI=1S/C10H14O2/c11-8-10(4-2-5-10)9-3-1-6-12-7-9/h7-8H,1-6H2. The molecule has 0 aromatic heterocycles. The van der Waals surface area contributed by atoms with E-state index in [0.717, 1.165) is 38.6 Å². The number of aldehydes is 1. The van der Waals surface area contributed by atoms with Gasteiger partial charge in [-0.2, -0.15) is 0 Å². The second-order valence-electron chi connectivity index (χ2n) is 3.74. The lowest BCUT2D eigenvalue weighted by atomic mass is 9.64. The summed E-state index contributed by atoms with van der Waals surface area (Å²) in [7, 11) is 0. The van der Waals surface area contributed by atoms with E-state index < -0.39 is 0 Å². The predicted octanol–water partition coefficient (Wildman–Crippen LogP) is 2.05. The van der Waals surface area contributed by atoms with Crippen LogP contribution < -0.4 is 0 Å². The maximum Gasteiger partial charge on any atom is 0.130 e. The smallest absolute Gasteiger partial charge is 0.130 e. The average molecular weight is 166 g/mol. The lowest BCUT2D eigenvalue weighted by Gasteiger charge is -2.39. The summed E-state index contributed by atoms with van der Waals surface area (Å²) in [5.74, 6) is 0. The van der Waals surface area contributed by atoms with Gasteiger partial charge in [-0.05, 0) is 31.3 Å². The molecule has 0 aromatic rings. The highest BCUT2D eigenvalue weighted by Gasteiger charge is 2.40. The molecule has 0 bridgehead atoms. The van der Waals surface area contributed by atoms with Gasteiger partial charge in [-0.3, -0.25) is 0 Å². The first-order valence-corrected chi connectivity index (χ1v) is 4.65. The molecule has 2 nitrogen and oxygen atoms in total. The summed E-state index contributed by atoms with van der Waals surface area (Å²) in [5.41, 5.74) is 1.12. The van der Waals surface area contributed by atoms with Crippen LogP contribution in [0.15, 0.2) is 11.8 Å². The topological polar surface area (TPSA) is 26.3 Å². The van der Waals surface area contributed by atoms with Crippen LogP contribution in [0.3, 0.4) is 0 Å². The van der Waals surface area contributed by atoms with Crippen LogP contribution in [-0.4, -0.2) is 12.9 Å². The van der Waals surface area contributed by atoms with Gasteiger partial charge in [-0.15, -0.1) is 0 Å². The lowest BCUT2D eigenvalue weighted by Crippen LogP contribution is -2.34. The Hall–Kier alpha value is -0.790. The fraction of sp³-hybridized carbons (Fsp3) is 0.700. The zero-order valence-electron chi connectivity index (χ0n) is 7.21. The first-order chi connectivity index (χ1) is 5.87. The Labute approximate surface area is 72.6 Å². The monoisotopic (exact) mass is 166 g/mol. The molecule has 0 amide bonds. The summed E-state index contributed by atoms with van der Waals surface area (Å²) in [5, 5.41) is 0. The van der Waals surface area contributed by atoms with Gasteiger partial charge in [0.1, 0.15) is 6.29 Å². The third-order valence-electron chi connectivity index (χ3n) is 3.04. The highest BCUT2D eigenvalue weighted by molar-refractivity contribution is 5.66. The summed E-state index contributed by atoms with van der Waals surface area (Å²) in [6.07, 6.45) is 8.32. The molecular weight excluding hydrogens is 152 g/mol. The van der Waals surface area contributed by atoms with E-state index in [1.807, 2.05) is 6.26 Å². The highest BCUT2D eigenvalue weighted by atomic mass is 16.5. The normalized spacial score (nSPS) is 26.5. The van der Waals surface area contributed by atoms with E-state index in [9.17, 15) is 4.79 Å². The van der Waals surface area contributed by atoms with Crippen LogP contribution >= 0.6 is 0 Å². The molecule has 2 aliphatic rings. The van der Waals surface area contributed by atoms with Crippen LogP contribution in [-0.2, 0) is 9.53 Å². The molecule has 12 heavy (non-hydrogen) atoms. The van der Waals surface area contributed by atoms with Gasteiger partial charge in [-0.1, -0.05) is 6.42 Å². The molecule has 1 aliphatic carbocycles. The summed E-state index contributed by atoms with van der Waals surface area (Å²) in [6.45, 7) is 0.818. The van der Waals surface area contributed by atoms with E-state index in [0.29, 0.717) is 0 Å². The Bertz CT molecular complexity index is 214. The number of carbonyl (C=O) groups excluding carboxylic acids is 1. The SMILES string of the molecule is O=CC1(C2=COCCC2)CCC1. The fourth-order valence-electron chi connectivity index (χ4n) is 2.00. The molecule has 0 atom stereocenters. The van der Waals surface area contributed by atoms with Crippen molar-refractivity contribution in [2.75, 3.05) is 6.61 Å². The predicted molar refractivity (Wildman–Crippen MR) is 45.6 cm³/mol. The molecule has 1 saturated carbocycles. The molecule has 2 rings (SSSR count). The van der Waals surface area contributed by atoms with Crippen LogP contribution in [0, 0.1) is 5.41 Å². The van der Waals surface area contributed by atoms with Gasteiger partial charge in [0.2, 0.25) is 0 Å². The minimum atomic E-state index is -0.111. The van der Waals surface area contributed by atoms with Gasteiger partial charge < -0.3 is 9.53 Å². The van der Waals surface area contributed by atoms with Crippen LogP contribution in [0.5, 0.6) is 0 Å². The van der Waals surface area contributed by atoms with Gasteiger partial charge in [0, 0.05) is 0 Å². The van der Waals surface area contributed by atoms with Crippen LogP contribution in [0.2, 0.25) is 0 Å². The summed E-state index contributed by atoms with van der Waals surface area (Å²) in [6, 6.07) is 0. The molecule has 0 N–H and O–H groups in total. The Kier molecular flexibility index (Phi) is 1.91. The van der Waals surface area contributed by atoms with E-state index in [1.54, 1.807) is 0 Å². The van der Waals surface area contributed by atoms with Gasteiger partial charge >= 0.3 is 0 Å². The average Bonchev–Trinajstić information content (AvgIpc) is 2.05. The van der Waals surface area contributed by atoms with Crippen LogP contribution in [0.25, 0.3) is 0 Å². The minimum absolute atomic E-state index is 0.111. The van der Waals surface area contributed by atoms with Crippen molar-refractivity contribution < 1.29 is 9.53 Å². The third-order valence-corrected chi connectivity index (χ3v) is 3.04. The van der Waals surface area contributed by atoms with E-state index in [-0.39, 0.29) is 5.41 Å². The molecule has 0 unspecified atom stereocenters. The molecule has 0 spiro atoms. The van der Waals surface area contributed by atoms with Gasteiger partial charge in [0.15, 0.2) is 0 Å². The van der Waals surface area contributed by atoms with Crippen molar-refractivity contribution in [2.45, 2.75) is 32.1 Å². The second-order valence-corrected chi connectivity index (χ2v) is 3.74. The number of carbonyl (C=O) groups is 1. The molecule has 0 saturated heterocycles. The van der Waals surface area contributed by atoms with Crippen molar-refractivity contribution in [2.24, 2.45) is 5.41 Å². The zero-order chi connectivity index (χ0) is 8.44. The number of ether oxygens (including phenoxy) is 1. The minimum Gasteiger partial charge on any atom is -0.501 e. The van der Waals surface area contributed by atoms with E-state index >= 15 is 0 Å². The Morgan fingerprint density at radius 2 is 2.25 bits per heavy atom. The first-order valence-electron chi connectivity index (χ1n) is 4.65. The number of allylic oxidation sites excluding steroid dienone is 1. The van der Waals surface area contributed by atoms with Crippen LogP contribution in [0.4, 0.5) is 0 Å². The Balaban J connectivity index is 2.14. The van der Waals surface area contributed by atoms with Gasteiger partial charge in [0.25, 0.3) is 0 Å². The molecule has 0 radical (unpaired) electrons. The summed E-state index contributed by atoms with van der Waals surface area (Å²) >= 11 is 0. The van der Waals surface area contributed by atoms with Crippen molar-refractivity contribution >= 4 is 6.29 Å². The molecule has 1 fully saturated rings. The van der Waals surface area contributed by atoms with Gasteiger partial charge in [-0.25, -0.2) is 0 Å². The second kappa shape index (κ2) is 2.92. The van der Waals surface area contributed by atoms with Crippen LogP contribution in [0.1, 0.15) is 32.1 Å². The summed E-state index contributed by atoms with van der Waals surface area (Å²) < 4.78 is 5.24. The zero-order valence-corrected chi connectivity index (χ0v) is 7.21. The molecule has 2 heteroatoms. The maximum atomic E-state index is 10.9. The van der Waals surface area contributed by atoms with E-state index in [1.165, 1.54) is 12.0 Å². The largest absolute Gasteiger partial charge is 0.501 e. The summed E-state index contributed by atoms with van der Waals surface area (Å²) in [4.78, 5) is 10.9. The van der Waals surface area contributed by atoms with Gasteiger partial charge in [0.05, 0.1) is 18.3 Å². The van der Waals surface area contributed by atoms with Crippen molar-refractivity contribution in [3.8, 4) is 0 Å². The molecule has 1 heterocycles. The highest BCUT2D eigenvalue weighted by Crippen LogP contribution is 2.47. The van der Waals surface area contributed by atoms with Crippen molar-refractivity contribution in [1.82, 2.24) is 0 Å². The van der Waals surface area contributed by atoms with Crippen molar-refractivity contribution in [1.29, 1.82) is 0 Å². The molecule has 1 aliphatic heterocycles. The Morgan fingerprint density at radius 1 is 1.42 bits per heavy atom. The number of hydrogen-bond acceptors (Lipinski definition) is 2. The fourth-order valence-corrected chi connectivity index (χ4v) is 2.00. The molecule has 0 aromatic carbocycles. The van der Waals surface area contributed by atoms with Crippen molar-refractivity contribution in [3.05, 3.63) is 11.8 Å². The molecule has 66 valence electrons. The maximum absolute atomic E-state index is 10.9. The van der Waals surface area contributed by atoms with Crippen molar-refractivity contribution in [3.63, 3.8) is 0 Å². The van der Waals surface area contributed by atoms with E-state index in [4.69, 9.17) is 4.74 Å². The first kappa shape index (κ1) is 7.84. The third kappa shape index (κ3) is 1.06. The lowest BCUT2D eigenvalue weighted by molar-refractivity contribution is -0.118. The Morgan fingerprint density at radius 3 is 2.67 bits per heavy atom. The molecular formula is C10H14O2. The number of hydrogen-bond donors (Lipinski definition) is 0. The number of rotatable bonds is 2.